The van der Waals surface area contributed by atoms with Crippen molar-refractivity contribution in [2.24, 2.45) is 0 Å². The summed E-state index contributed by atoms with van der Waals surface area (Å²) in [6, 6.07) is 10.9. The summed E-state index contributed by atoms with van der Waals surface area (Å²) in [6.45, 7) is -1.80. The Morgan fingerprint density at radius 2 is 1.23 bits per heavy atom. The van der Waals surface area contributed by atoms with E-state index in [0.29, 0.717) is 0 Å². The number of aliphatic hydroxyl groups is 1. The van der Waals surface area contributed by atoms with E-state index in [1.165, 1.54) is 36.4 Å². The van der Waals surface area contributed by atoms with Crippen molar-refractivity contribution in [1.82, 2.24) is 0 Å². The number of benzene rings is 2. The molecule has 2 aromatic rings. The van der Waals surface area contributed by atoms with E-state index in [-0.39, 0.29) is 11.1 Å². The standard InChI is InChI=1S/C8H6F2O.C8H7FO2/c9-5-8(11)6-3-1-2-4-7(6)10;9-7-4-2-1-3-6(7)8(11)5-10/h1-4H,5H2;1-4,10H,5H2. The van der Waals surface area contributed by atoms with Crippen molar-refractivity contribution in [3.05, 3.63) is 71.3 Å². The Labute approximate surface area is 125 Å². The Bertz CT molecular complexity index is 599. The average Bonchev–Trinajstić information content (AvgIpc) is 2.55. The monoisotopic (exact) mass is 310 g/mol. The lowest BCUT2D eigenvalue weighted by atomic mass is 10.1. The maximum atomic E-state index is 12.7. The third-order valence-corrected chi connectivity index (χ3v) is 2.61. The van der Waals surface area contributed by atoms with Crippen LogP contribution in [0.2, 0.25) is 0 Å². The van der Waals surface area contributed by atoms with Crippen LogP contribution in [-0.4, -0.2) is 30.0 Å². The van der Waals surface area contributed by atoms with Crippen LogP contribution in [0.25, 0.3) is 0 Å². The van der Waals surface area contributed by atoms with Crippen LogP contribution in [0.3, 0.4) is 0 Å². The summed E-state index contributed by atoms with van der Waals surface area (Å²) in [4.78, 5) is 21.4. The molecule has 6 heteroatoms. The van der Waals surface area contributed by atoms with E-state index < -0.39 is 36.5 Å². The van der Waals surface area contributed by atoms with Gasteiger partial charge in [0.2, 0.25) is 0 Å². The van der Waals surface area contributed by atoms with Crippen molar-refractivity contribution >= 4 is 11.6 Å². The molecule has 0 unspecified atom stereocenters. The van der Waals surface area contributed by atoms with E-state index in [9.17, 15) is 22.8 Å². The molecule has 0 aliphatic rings. The third kappa shape index (κ3) is 4.82. The predicted octanol–water partition coefficient (Wildman–Crippen LogP) is 2.98. The van der Waals surface area contributed by atoms with Crippen molar-refractivity contribution in [2.75, 3.05) is 13.3 Å². The van der Waals surface area contributed by atoms with Gasteiger partial charge in [-0.3, -0.25) is 9.59 Å². The Kier molecular flexibility index (Phi) is 6.98. The number of aliphatic hydroxyl groups excluding tert-OH is 1. The van der Waals surface area contributed by atoms with Gasteiger partial charge < -0.3 is 5.11 Å². The molecule has 2 aromatic carbocycles. The highest BCUT2D eigenvalue weighted by molar-refractivity contribution is 5.97. The smallest absolute Gasteiger partial charge is 0.196 e. The Hall–Kier alpha value is -2.47. The van der Waals surface area contributed by atoms with Crippen LogP contribution in [0.15, 0.2) is 48.5 Å². The van der Waals surface area contributed by atoms with Crippen molar-refractivity contribution < 1.29 is 27.9 Å². The molecule has 0 saturated heterocycles. The maximum absolute atomic E-state index is 12.7. The zero-order valence-corrected chi connectivity index (χ0v) is 11.4. The molecule has 0 heterocycles. The summed E-state index contributed by atoms with van der Waals surface area (Å²) in [5.41, 5.74) is -0.245. The molecule has 0 fully saturated rings. The van der Waals surface area contributed by atoms with E-state index in [1.54, 1.807) is 6.07 Å². The van der Waals surface area contributed by atoms with Crippen molar-refractivity contribution in [3.63, 3.8) is 0 Å². The van der Waals surface area contributed by atoms with Crippen LogP contribution < -0.4 is 0 Å². The summed E-state index contributed by atoms with van der Waals surface area (Å²) in [5, 5.41) is 8.40. The van der Waals surface area contributed by atoms with Crippen LogP contribution in [-0.2, 0) is 0 Å². The normalized spacial score (nSPS) is 9.64. The summed E-state index contributed by atoms with van der Waals surface area (Å²) in [5.74, 6) is -2.67. The van der Waals surface area contributed by atoms with Crippen LogP contribution in [0.5, 0.6) is 0 Å². The average molecular weight is 310 g/mol. The van der Waals surface area contributed by atoms with Crippen molar-refractivity contribution in [3.8, 4) is 0 Å². The molecular weight excluding hydrogens is 297 g/mol. The fraction of sp³-hybridized carbons (Fsp3) is 0.125. The van der Waals surface area contributed by atoms with Crippen molar-refractivity contribution in [2.45, 2.75) is 0 Å². The lowest BCUT2D eigenvalue weighted by Crippen LogP contribution is -2.06. The molecule has 22 heavy (non-hydrogen) atoms. The summed E-state index contributed by atoms with van der Waals surface area (Å²) < 4.78 is 37.1. The summed E-state index contributed by atoms with van der Waals surface area (Å²) in [7, 11) is 0. The van der Waals surface area contributed by atoms with Gasteiger partial charge in [0.25, 0.3) is 0 Å². The number of carbonyl (C=O) groups is 2. The first kappa shape index (κ1) is 17.6. The highest BCUT2D eigenvalue weighted by atomic mass is 19.1. The second-order valence-electron chi connectivity index (χ2n) is 4.10. The zero-order chi connectivity index (χ0) is 16.5. The van der Waals surface area contributed by atoms with Crippen LogP contribution in [0, 0.1) is 11.6 Å². The van der Waals surface area contributed by atoms with Gasteiger partial charge in [-0.15, -0.1) is 0 Å². The SMILES string of the molecule is O=C(CF)c1ccccc1F.O=C(CO)c1ccccc1F. The highest BCUT2D eigenvalue weighted by Crippen LogP contribution is 2.07. The molecule has 0 amide bonds. The van der Waals surface area contributed by atoms with Crippen LogP contribution in [0.1, 0.15) is 20.7 Å². The molecule has 0 saturated carbocycles. The van der Waals surface area contributed by atoms with E-state index >= 15 is 0 Å². The van der Waals surface area contributed by atoms with Gasteiger partial charge in [-0.25, -0.2) is 13.2 Å². The lowest BCUT2D eigenvalue weighted by Gasteiger charge is -1.96. The Morgan fingerprint density at radius 3 is 1.59 bits per heavy atom. The Balaban J connectivity index is 0.000000220. The van der Waals surface area contributed by atoms with Gasteiger partial charge >= 0.3 is 0 Å². The van der Waals surface area contributed by atoms with E-state index in [4.69, 9.17) is 5.11 Å². The molecule has 0 aromatic heterocycles. The number of Topliss-reactive ketones (excluding diaryl/α,β-unsaturated/α-hetero) is 2. The zero-order valence-electron chi connectivity index (χ0n) is 11.4. The molecule has 116 valence electrons. The summed E-state index contributed by atoms with van der Waals surface area (Å²) in [6.07, 6.45) is 0. The maximum Gasteiger partial charge on any atom is 0.196 e. The molecule has 0 aliphatic carbocycles. The molecular formula is C16H13F3O3. The third-order valence-electron chi connectivity index (χ3n) is 2.61. The first-order valence-corrected chi connectivity index (χ1v) is 6.23. The molecule has 2 rings (SSSR count). The first-order valence-electron chi connectivity index (χ1n) is 6.23. The number of hydrogen-bond donors (Lipinski definition) is 1. The van der Waals surface area contributed by atoms with Crippen LogP contribution in [0.4, 0.5) is 13.2 Å². The number of hydrogen-bond acceptors (Lipinski definition) is 3. The molecule has 0 bridgehead atoms. The lowest BCUT2D eigenvalue weighted by molar-refractivity contribution is 0.0899. The van der Waals surface area contributed by atoms with E-state index in [2.05, 4.69) is 0 Å². The number of ketones is 2. The molecule has 0 spiro atoms. The molecule has 0 aliphatic heterocycles. The second kappa shape index (κ2) is 8.74. The molecule has 1 N–H and O–H groups in total. The van der Waals surface area contributed by atoms with Crippen molar-refractivity contribution in [1.29, 1.82) is 0 Å². The van der Waals surface area contributed by atoms with Gasteiger partial charge in [0, 0.05) is 0 Å². The predicted molar refractivity (Wildman–Crippen MR) is 74.5 cm³/mol. The number of rotatable bonds is 4. The quantitative estimate of drug-likeness (QED) is 0.883. The minimum Gasteiger partial charge on any atom is -0.388 e. The Morgan fingerprint density at radius 1 is 0.818 bits per heavy atom. The highest BCUT2D eigenvalue weighted by Gasteiger charge is 2.09. The summed E-state index contributed by atoms with van der Waals surface area (Å²) >= 11 is 0. The van der Waals surface area contributed by atoms with Gasteiger partial charge in [0.15, 0.2) is 18.2 Å². The van der Waals surface area contributed by atoms with Gasteiger partial charge in [-0.2, -0.15) is 0 Å². The van der Waals surface area contributed by atoms with Gasteiger partial charge in [0.1, 0.15) is 18.2 Å². The largest absolute Gasteiger partial charge is 0.388 e. The van der Waals surface area contributed by atoms with Gasteiger partial charge in [-0.1, -0.05) is 24.3 Å². The molecule has 0 radical (unpaired) electrons. The minimum atomic E-state index is -1.15. The van der Waals surface area contributed by atoms with Gasteiger partial charge in [0.05, 0.1) is 11.1 Å². The fourth-order valence-electron chi connectivity index (χ4n) is 1.53. The first-order chi connectivity index (χ1) is 10.5. The molecule has 3 nitrogen and oxygen atoms in total. The van der Waals surface area contributed by atoms with E-state index in [1.807, 2.05) is 0 Å². The number of carbonyl (C=O) groups excluding carboxylic acids is 2. The number of halogens is 3. The number of alkyl halides is 1. The minimum absolute atomic E-state index is 0.0602. The fourth-order valence-corrected chi connectivity index (χ4v) is 1.53. The van der Waals surface area contributed by atoms with Crippen LogP contribution >= 0.6 is 0 Å². The van der Waals surface area contributed by atoms with E-state index in [0.717, 1.165) is 6.07 Å². The molecule has 0 atom stereocenters. The van der Waals surface area contributed by atoms with Gasteiger partial charge in [-0.05, 0) is 24.3 Å². The topological polar surface area (TPSA) is 54.4 Å². The second-order valence-corrected chi connectivity index (χ2v) is 4.10.